The third kappa shape index (κ3) is 3.38. The Morgan fingerprint density at radius 2 is 1.90 bits per heavy atom. The Bertz CT molecular complexity index is 599. The van der Waals surface area contributed by atoms with E-state index in [2.05, 4.69) is 5.32 Å². The van der Waals surface area contributed by atoms with Gasteiger partial charge in [0.1, 0.15) is 0 Å². The number of nitrogens with one attached hydrogen (secondary N) is 1. The minimum atomic E-state index is -0.644. The third-order valence-corrected chi connectivity index (χ3v) is 3.27. The van der Waals surface area contributed by atoms with E-state index in [0.29, 0.717) is 10.7 Å². The Hall–Kier alpha value is -1.84. The molecule has 0 spiro atoms. The van der Waals surface area contributed by atoms with E-state index in [9.17, 15) is 4.79 Å². The molecule has 4 heteroatoms. The quantitative estimate of drug-likeness (QED) is 0.925. The summed E-state index contributed by atoms with van der Waals surface area (Å²) in [5.74, 6) is -0.218. The van der Waals surface area contributed by atoms with Crippen molar-refractivity contribution in [3.8, 4) is 0 Å². The Kier molecular flexibility index (Phi) is 4.77. The summed E-state index contributed by atoms with van der Waals surface area (Å²) in [6.07, 6.45) is -0.644. The monoisotopic (exact) mass is 289 g/mol. The molecule has 20 heavy (non-hydrogen) atoms. The first-order valence-electron chi connectivity index (χ1n) is 6.26. The van der Waals surface area contributed by atoms with Gasteiger partial charge in [0.25, 0.3) is 5.91 Å². The van der Waals surface area contributed by atoms with Crippen LogP contribution in [0.15, 0.2) is 48.5 Å². The molecule has 0 aliphatic carbocycles. The summed E-state index contributed by atoms with van der Waals surface area (Å²) in [6, 6.07) is 14.7. The van der Waals surface area contributed by atoms with Crippen LogP contribution in [-0.4, -0.2) is 13.0 Å². The van der Waals surface area contributed by atoms with Gasteiger partial charge in [-0.2, -0.15) is 0 Å². The second-order valence-corrected chi connectivity index (χ2v) is 4.91. The second kappa shape index (κ2) is 6.55. The van der Waals surface area contributed by atoms with Crippen LogP contribution in [-0.2, 0) is 9.53 Å². The van der Waals surface area contributed by atoms with Gasteiger partial charge < -0.3 is 10.1 Å². The Morgan fingerprint density at radius 1 is 1.20 bits per heavy atom. The van der Waals surface area contributed by atoms with Crippen molar-refractivity contribution in [3.05, 3.63) is 64.7 Å². The van der Waals surface area contributed by atoms with Gasteiger partial charge in [-0.15, -0.1) is 0 Å². The number of ether oxygens (including phenoxy) is 1. The van der Waals surface area contributed by atoms with Crippen molar-refractivity contribution >= 4 is 23.2 Å². The molecule has 0 aliphatic heterocycles. The zero-order valence-corrected chi connectivity index (χ0v) is 12.1. The van der Waals surface area contributed by atoms with E-state index in [0.717, 1.165) is 11.1 Å². The first-order valence-corrected chi connectivity index (χ1v) is 6.64. The van der Waals surface area contributed by atoms with E-state index in [-0.39, 0.29) is 5.91 Å². The highest BCUT2D eigenvalue weighted by Gasteiger charge is 2.20. The highest BCUT2D eigenvalue weighted by molar-refractivity contribution is 6.31. The predicted octanol–water partition coefficient (Wildman–Crippen LogP) is 3.97. The standard InChI is InChI=1S/C16H16ClNO2/c1-11-8-9-13(17)10-14(11)18-16(19)15(20-2)12-6-4-3-5-7-12/h3-10,15H,1-2H3,(H,18,19)/t15-/m1/s1. The topological polar surface area (TPSA) is 38.3 Å². The number of carbonyl (C=O) groups is 1. The molecule has 0 unspecified atom stereocenters. The molecule has 3 nitrogen and oxygen atoms in total. The summed E-state index contributed by atoms with van der Waals surface area (Å²) < 4.78 is 5.30. The zero-order chi connectivity index (χ0) is 14.5. The predicted molar refractivity (Wildman–Crippen MR) is 81.0 cm³/mol. The second-order valence-electron chi connectivity index (χ2n) is 4.47. The average Bonchev–Trinajstić information content (AvgIpc) is 2.45. The maximum atomic E-state index is 12.3. The first-order chi connectivity index (χ1) is 9.61. The van der Waals surface area contributed by atoms with Crippen LogP contribution in [0, 0.1) is 6.92 Å². The molecule has 0 saturated heterocycles. The largest absolute Gasteiger partial charge is 0.367 e. The molecule has 0 aromatic heterocycles. The average molecular weight is 290 g/mol. The number of anilines is 1. The molecule has 1 N–H and O–H groups in total. The van der Waals surface area contributed by atoms with Gasteiger partial charge in [0.15, 0.2) is 6.10 Å². The van der Waals surface area contributed by atoms with Crippen molar-refractivity contribution in [1.29, 1.82) is 0 Å². The number of halogens is 1. The van der Waals surface area contributed by atoms with Crippen LogP contribution < -0.4 is 5.32 Å². The minimum Gasteiger partial charge on any atom is -0.367 e. The molecule has 2 rings (SSSR count). The maximum Gasteiger partial charge on any atom is 0.258 e. The summed E-state index contributed by atoms with van der Waals surface area (Å²) >= 11 is 5.95. The Balaban J connectivity index is 2.20. The molecule has 0 saturated carbocycles. The van der Waals surface area contributed by atoms with Crippen LogP contribution in [0.25, 0.3) is 0 Å². The number of methoxy groups -OCH3 is 1. The Morgan fingerprint density at radius 3 is 2.55 bits per heavy atom. The highest BCUT2D eigenvalue weighted by Crippen LogP contribution is 2.23. The summed E-state index contributed by atoms with van der Waals surface area (Å²) in [4.78, 5) is 12.3. The number of amides is 1. The van der Waals surface area contributed by atoms with Gasteiger partial charge in [-0.3, -0.25) is 4.79 Å². The molecule has 2 aromatic rings. The number of hydrogen-bond donors (Lipinski definition) is 1. The van der Waals surface area contributed by atoms with Gasteiger partial charge in [-0.05, 0) is 30.2 Å². The molecule has 0 aliphatic rings. The van der Waals surface area contributed by atoms with Gasteiger partial charge in [0.05, 0.1) is 0 Å². The molecular formula is C16H16ClNO2. The van der Waals surface area contributed by atoms with Gasteiger partial charge in [0, 0.05) is 17.8 Å². The molecule has 0 radical (unpaired) electrons. The maximum absolute atomic E-state index is 12.3. The number of aryl methyl sites for hydroxylation is 1. The number of benzene rings is 2. The van der Waals surface area contributed by atoms with E-state index >= 15 is 0 Å². The molecular weight excluding hydrogens is 274 g/mol. The lowest BCUT2D eigenvalue weighted by Gasteiger charge is -2.16. The molecule has 0 heterocycles. The number of carbonyl (C=O) groups excluding carboxylic acids is 1. The summed E-state index contributed by atoms with van der Waals surface area (Å²) in [5.41, 5.74) is 2.46. The van der Waals surface area contributed by atoms with E-state index in [4.69, 9.17) is 16.3 Å². The molecule has 1 atom stereocenters. The highest BCUT2D eigenvalue weighted by atomic mass is 35.5. The third-order valence-electron chi connectivity index (χ3n) is 3.03. The van der Waals surface area contributed by atoms with Crippen molar-refractivity contribution in [2.24, 2.45) is 0 Å². The molecule has 2 aromatic carbocycles. The van der Waals surface area contributed by atoms with Crippen LogP contribution in [0.1, 0.15) is 17.2 Å². The van der Waals surface area contributed by atoms with Crippen molar-refractivity contribution < 1.29 is 9.53 Å². The van der Waals surface area contributed by atoms with Gasteiger partial charge >= 0.3 is 0 Å². The fraction of sp³-hybridized carbons (Fsp3) is 0.188. The van der Waals surface area contributed by atoms with Gasteiger partial charge in [-0.1, -0.05) is 48.0 Å². The van der Waals surface area contributed by atoms with Crippen molar-refractivity contribution in [1.82, 2.24) is 0 Å². The van der Waals surface area contributed by atoms with Crippen molar-refractivity contribution in [2.75, 3.05) is 12.4 Å². The van der Waals surface area contributed by atoms with E-state index in [1.807, 2.05) is 43.3 Å². The smallest absolute Gasteiger partial charge is 0.258 e. The first kappa shape index (κ1) is 14.6. The van der Waals surface area contributed by atoms with Crippen LogP contribution in [0.5, 0.6) is 0 Å². The molecule has 104 valence electrons. The molecule has 0 bridgehead atoms. The molecule has 1 amide bonds. The number of rotatable bonds is 4. The lowest BCUT2D eigenvalue weighted by molar-refractivity contribution is -0.126. The SMILES string of the molecule is CO[C@@H](C(=O)Nc1cc(Cl)ccc1C)c1ccccc1. The van der Waals surface area contributed by atoms with Crippen LogP contribution in [0.4, 0.5) is 5.69 Å². The normalized spacial score (nSPS) is 11.9. The zero-order valence-electron chi connectivity index (χ0n) is 11.4. The lowest BCUT2D eigenvalue weighted by atomic mass is 10.1. The summed E-state index contributed by atoms with van der Waals surface area (Å²) in [7, 11) is 1.52. The van der Waals surface area contributed by atoms with E-state index < -0.39 is 6.10 Å². The number of hydrogen-bond acceptors (Lipinski definition) is 2. The van der Waals surface area contributed by atoms with Crippen molar-refractivity contribution in [3.63, 3.8) is 0 Å². The lowest BCUT2D eigenvalue weighted by Crippen LogP contribution is -2.23. The van der Waals surface area contributed by atoms with E-state index in [1.165, 1.54) is 7.11 Å². The van der Waals surface area contributed by atoms with Crippen LogP contribution in [0.3, 0.4) is 0 Å². The minimum absolute atomic E-state index is 0.218. The van der Waals surface area contributed by atoms with Crippen LogP contribution >= 0.6 is 11.6 Å². The van der Waals surface area contributed by atoms with Gasteiger partial charge in [-0.25, -0.2) is 0 Å². The molecule has 0 fully saturated rings. The van der Waals surface area contributed by atoms with Crippen LogP contribution in [0.2, 0.25) is 5.02 Å². The van der Waals surface area contributed by atoms with Gasteiger partial charge in [0.2, 0.25) is 0 Å². The fourth-order valence-electron chi connectivity index (χ4n) is 1.95. The Labute approximate surface area is 123 Å². The van der Waals surface area contributed by atoms with Crippen molar-refractivity contribution in [2.45, 2.75) is 13.0 Å². The van der Waals surface area contributed by atoms with E-state index in [1.54, 1.807) is 12.1 Å². The fourth-order valence-corrected chi connectivity index (χ4v) is 2.12. The summed E-state index contributed by atoms with van der Waals surface area (Å²) in [5, 5.41) is 3.44. The summed E-state index contributed by atoms with van der Waals surface area (Å²) in [6.45, 7) is 1.91.